The first-order chi connectivity index (χ1) is 8.19. The molecule has 0 heterocycles. The summed E-state index contributed by atoms with van der Waals surface area (Å²) in [5.74, 6) is 0.248. The summed E-state index contributed by atoms with van der Waals surface area (Å²) in [6, 6.07) is 4.88. The SMILES string of the molecule is COc1cc(Cl)ccc1C(=O)NC/C=C/CN. The van der Waals surface area contributed by atoms with Gasteiger partial charge in [0.05, 0.1) is 12.7 Å². The molecule has 0 fully saturated rings. The Morgan fingerprint density at radius 1 is 1.53 bits per heavy atom. The molecular formula is C12H15ClN2O2. The number of hydrogen-bond donors (Lipinski definition) is 2. The molecule has 0 saturated carbocycles. The Bertz CT molecular complexity index is 419. The van der Waals surface area contributed by atoms with Crippen molar-refractivity contribution >= 4 is 17.5 Å². The molecule has 17 heavy (non-hydrogen) atoms. The van der Waals surface area contributed by atoms with Gasteiger partial charge in [-0.3, -0.25) is 4.79 Å². The predicted molar refractivity (Wildman–Crippen MR) is 68.5 cm³/mol. The van der Waals surface area contributed by atoms with Gasteiger partial charge in [-0.15, -0.1) is 0 Å². The lowest BCUT2D eigenvalue weighted by Crippen LogP contribution is -2.24. The van der Waals surface area contributed by atoms with Crippen molar-refractivity contribution < 1.29 is 9.53 Å². The minimum atomic E-state index is -0.208. The van der Waals surface area contributed by atoms with Gasteiger partial charge in [-0.05, 0) is 18.2 Å². The Morgan fingerprint density at radius 2 is 2.29 bits per heavy atom. The van der Waals surface area contributed by atoms with Gasteiger partial charge >= 0.3 is 0 Å². The van der Waals surface area contributed by atoms with Gasteiger partial charge in [0.2, 0.25) is 0 Å². The summed E-state index contributed by atoms with van der Waals surface area (Å²) in [6.07, 6.45) is 3.57. The highest BCUT2D eigenvalue weighted by Crippen LogP contribution is 2.22. The van der Waals surface area contributed by atoms with Gasteiger partial charge in [0, 0.05) is 18.1 Å². The van der Waals surface area contributed by atoms with Gasteiger partial charge in [0.25, 0.3) is 5.91 Å². The van der Waals surface area contributed by atoms with Crippen molar-refractivity contribution in [1.82, 2.24) is 5.32 Å². The summed E-state index contributed by atoms with van der Waals surface area (Å²) >= 11 is 5.81. The Balaban J connectivity index is 2.71. The molecule has 0 radical (unpaired) electrons. The van der Waals surface area contributed by atoms with Gasteiger partial charge in [-0.1, -0.05) is 23.8 Å². The molecule has 0 unspecified atom stereocenters. The molecule has 0 aliphatic carbocycles. The molecule has 4 nitrogen and oxygen atoms in total. The average molecular weight is 255 g/mol. The summed E-state index contributed by atoms with van der Waals surface area (Å²) in [7, 11) is 1.50. The van der Waals surface area contributed by atoms with E-state index in [9.17, 15) is 4.79 Å². The number of rotatable bonds is 5. The summed E-state index contributed by atoms with van der Waals surface area (Å²) in [6.45, 7) is 0.891. The molecule has 0 aliphatic heterocycles. The zero-order valence-corrected chi connectivity index (χ0v) is 10.3. The zero-order valence-electron chi connectivity index (χ0n) is 9.57. The highest BCUT2D eigenvalue weighted by Gasteiger charge is 2.11. The maximum Gasteiger partial charge on any atom is 0.255 e. The number of benzene rings is 1. The van der Waals surface area contributed by atoms with E-state index in [1.807, 2.05) is 0 Å². The lowest BCUT2D eigenvalue weighted by molar-refractivity contribution is 0.0955. The van der Waals surface area contributed by atoms with E-state index in [4.69, 9.17) is 22.1 Å². The average Bonchev–Trinajstić information content (AvgIpc) is 2.34. The number of methoxy groups -OCH3 is 1. The van der Waals surface area contributed by atoms with E-state index in [0.29, 0.717) is 29.4 Å². The van der Waals surface area contributed by atoms with E-state index in [2.05, 4.69) is 5.32 Å². The molecule has 1 aromatic carbocycles. The molecule has 0 atom stereocenters. The van der Waals surface area contributed by atoms with Crippen LogP contribution >= 0.6 is 11.6 Å². The van der Waals surface area contributed by atoms with Crippen molar-refractivity contribution in [3.63, 3.8) is 0 Å². The van der Waals surface area contributed by atoms with Crippen LogP contribution in [0.4, 0.5) is 0 Å². The summed E-state index contributed by atoms with van der Waals surface area (Å²) in [4.78, 5) is 11.8. The van der Waals surface area contributed by atoms with E-state index < -0.39 is 0 Å². The highest BCUT2D eigenvalue weighted by atomic mass is 35.5. The van der Waals surface area contributed by atoms with Crippen LogP contribution in [0, 0.1) is 0 Å². The summed E-state index contributed by atoms with van der Waals surface area (Å²) in [5, 5.41) is 3.25. The number of carbonyl (C=O) groups excluding carboxylic acids is 1. The zero-order chi connectivity index (χ0) is 12.7. The van der Waals surface area contributed by atoms with E-state index in [1.165, 1.54) is 7.11 Å². The molecule has 0 aliphatic rings. The fourth-order valence-corrected chi connectivity index (χ4v) is 1.44. The van der Waals surface area contributed by atoms with Crippen LogP contribution in [-0.2, 0) is 0 Å². The third-order valence-electron chi connectivity index (χ3n) is 2.09. The van der Waals surface area contributed by atoms with E-state index in [1.54, 1.807) is 30.4 Å². The lowest BCUT2D eigenvalue weighted by Gasteiger charge is -2.08. The summed E-state index contributed by atoms with van der Waals surface area (Å²) in [5.41, 5.74) is 5.74. The molecule has 5 heteroatoms. The Labute approximate surface area is 105 Å². The first-order valence-electron chi connectivity index (χ1n) is 5.16. The van der Waals surface area contributed by atoms with E-state index in [-0.39, 0.29) is 5.91 Å². The van der Waals surface area contributed by atoms with Crippen LogP contribution < -0.4 is 15.8 Å². The fourth-order valence-electron chi connectivity index (χ4n) is 1.28. The first-order valence-corrected chi connectivity index (χ1v) is 5.53. The van der Waals surface area contributed by atoms with Gasteiger partial charge in [0.1, 0.15) is 5.75 Å². The molecule has 92 valence electrons. The second kappa shape index (κ2) is 6.93. The monoisotopic (exact) mass is 254 g/mol. The normalized spacial score (nSPS) is 10.5. The molecule has 1 aromatic rings. The standard InChI is InChI=1S/C12H15ClN2O2/c1-17-11-8-9(13)4-5-10(11)12(16)15-7-3-2-6-14/h2-5,8H,6-7,14H2,1H3,(H,15,16)/b3-2+. The van der Waals surface area contributed by atoms with Crippen LogP contribution in [0.15, 0.2) is 30.4 Å². The minimum Gasteiger partial charge on any atom is -0.496 e. The van der Waals surface area contributed by atoms with Crippen LogP contribution in [0.1, 0.15) is 10.4 Å². The highest BCUT2D eigenvalue weighted by molar-refractivity contribution is 6.30. The second-order valence-corrected chi connectivity index (χ2v) is 3.70. The Kier molecular flexibility index (Phi) is 5.52. The maximum absolute atomic E-state index is 11.8. The first kappa shape index (κ1) is 13.5. The number of ether oxygens (including phenoxy) is 1. The largest absolute Gasteiger partial charge is 0.496 e. The quantitative estimate of drug-likeness (QED) is 0.785. The van der Waals surface area contributed by atoms with E-state index in [0.717, 1.165) is 0 Å². The molecule has 1 amide bonds. The number of nitrogens with one attached hydrogen (secondary N) is 1. The van der Waals surface area contributed by atoms with Crippen LogP contribution in [0.2, 0.25) is 5.02 Å². The molecule has 1 rings (SSSR count). The van der Waals surface area contributed by atoms with Crippen molar-refractivity contribution in [2.45, 2.75) is 0 Å². The van der Waals surface area contributed by atoms with E-state index >= 15 is 0 Å². The number of hydrogen-bond acceptors (Lipinski definition) is 3. The molecule has 0 spiro atoms. The van der Waals surface area contributed by atoms with Crippen molar-refractivity contribution in [2.24, 2.45) is 5.73 Å². The fraction of sp³-hybridized carbons (Fsp3) is 0.250. The summed E-state index contributed by atoms with van der Waals surface area (Å²) < 4.78 is 5.09. The molecule has 0 saturated heterocycles. The van der Waals surface area contributed by atoms with Gasteiger partial charge in [-0.2, -0.15) is 0 Å². The Morgan fingerprint density at radius 3 is 2.94 bits per heavy atom. The van der Waals surface area contributed by atoms with Gasteiger partial charge in [0.15, 0.2) is 0 Å². The maximum atomic E-state index is 11.8. The van der Waals surface area contributed by atoms with Crippen molar-refractivity contribution in [3.8, 4) is 5.75 Å². The third kappa shape index (κ3) is 4.09. The Hall–Kier alpha value is -1.52. The van der Waals surface area contributed by atoms with Gasteiger partial charge < -0.3 is 15.8 Å². The van der Waals surface area contributed by atoms with Crippen molar-refractivity contribution in [2.75, 3.05) is 20.2 Å². The van der Waals surface area contributed by atoms with Crippen LogP contribution in [0.25, 0.3) is 0 Å². The number of nitrogens with two attached hydrogens (primary N) is 1. The molecule has 0 aromatic heterocycles. The molecular weight excluding hydrogens is 240 g/mol. The predicted octanol–water partition coefficient (Wildman–Crippen LogP) is 1.59. The van der Waals surface area contributed by atoms with Crippen molar-refractivity contribution in [1.29, 1.82) is 0 Å². The minimum absolute atomic E-state index is 0.208. The van der Waals surface area contributed by atoms with Crippen LogP contribution in [0.5, 0.6) is 5.75 Å². The third-order valence-corrected chi connectivity index (χ3v) is 2.33. The molecule has 3 N–H and O–H groups in total. The van der Waals surface area contributed by atoms with Crippen LogP contribution in [-0.4, -0.2) is 26.1 Å². The number of halogens is 1. The van der Waals surface area contributed by atoms with Crippen LogP contribution in [0.3, 0.4) is 0 Å². The van der Waals surface area contributed by atoms with Gasteiger partial charge in [-0.25, -0.2) is 0 Å². The lowest BCUT2D eigenvalue weighted by atomic mass is 10.2. The molecule has 0 bridgehead atoms. The van der Waals surface area contributed by atoms with Crippen molar-refractivity contribution in [3.05, 3.63) is 40.9 Å². The smallest absolute Gasteiger partial charge is 0.255 e. The topological polar surface area (TPSA) is 64.3 Å². The number of amides is 1. The second-order valence-electron chi connectivity index (χ2n) is 3.26. The number of carbonyl (C=O) groups is 1.